The molecule has 51 heavy (non-hydrogen) atoms. The smallest absolute Gasteiger partial charge is 0.135 e. The molecule has 2 bridgehead atoms. The van der Waals surface area contributed by atoms with E-state index in [1.807, 2.05) is 12.1 Å². The summed E-state index contributed by atoms with van der Waals surface area (Å²) in [6.07, 6.45) is -0.723. The van der Waals surface area contributed by atoms with Crippen LogP contribution in [0.1, 0.15) is 85.8 Å². The highest BCUT2D eigenvalue weighted by Crippen LogP contribution is 2.71. The van der Waals surface area contributed by atoms with Crippen LogP contribution in [0.25, 0.3) is 0 Å². The van der Waals surface area contributed by atoms with E-state index in [1.54, 1.807) is 84.9 Å². The van der Waals surface area contributed by atoms with Crippen LogP contribution in [-0.2, 0) is 0 Å². The Morgan fingerprint density at radius 1 is 0.353 bits per heavy atom. The third-order valence-corrected chi connectivity index (χ3v) is 10.9. The fourth-order valence-corrected chi connectivity index (χ4v) is 9.08. The fraction of sp³-hybridized carbons (Fsp3) is 0.143. The minimum Gasteiger partial charge on any atom is -0.508 e. The van der Waals surface area contributed by atoms with Crippen molar-refractivity contribution in [3.05, 3.63) is 159 Å². The van der Waals surface area contributed by atoms with E-state index in [1.165, 1.54) is 12.1 Å². The van der Waals surface area contributed by atoms with Crippen molar-refractivity contribution in [1.82, 2.24) is 0 Å². The molecule has 6 aromatic carbocycles. The van der Waals surface area contributed by atoms with Crippen LogP contribution in [0, 0.1) is 0 Å². The van der Waals surface area contributed by atoms with E-state index in [9.17, 15) is 40.9 Å². The van der Waals surface area contributed by atoms with Crippen LogP contribution in [0.5, 0.6) is 51.7 Å². The number of phenols is 8. The van der Waals surface area contributed by atoms with Crippen molar-refractivity contribution in [3.8, 4) is 51.7 Å². The summed E-state index contributed by atoms with van der Waals surface area (Å²) in [6.45, 7) is 0. The molecule has 9 nitrogen and oxygen atoms in total. The Morgan fingerprint density at radius 2 is 0.882 bits per heavy atom. The molecule has 6 aromatic rings. The van der Waals surface area contributed by atoms with E-state index >= 15 is 0 Å². The average molecular weight is 681 g/mol. The van der Waals surface area contributed by atoms with Gasteiger partial charge in [0.15, 0.2) is 0 Å². The Kier molecular flexibility index (Phi) is 6.60. The number of hydrogen-bond acceptors (Lipinski definition) is 9. The summed E-state index contributed by atoms with van der Waals surface area (Å²) in [5, 5.41) is 86.9. The van der Waals surface area contributed by atoms with Gasteiger partial charge in [0, 0.05) is 58.6 Å². The Bertz CT molecular complexity index is 2330. The van der Waals surface area contributed by atoms with Crippen molar-refractivity contribution in [2.24, 2.45) is 0 Å². The first kappa shape index (κ1) is 30.6. The lowest BCUT2D eigenvalue weighted by Crippen LogP contribution is -2.27. The summed E-state index contributed by atoms with van der Waals surface area (Å²) in [7, 11) is 0. The predicted molar refractivity (Wildman–Crippen MR) is 186 cm³/mol. The standard InChI is InChI=1S/C42H32O9/c43-23-7-1-19(2-8-23)33-37-29-16-28(48)17-30(49)36(29)40(34(37)20-3-9-24(44)10-4-20)41-38(33)31(50)18-32-39(41)35(22-13-26(46)15-27(47)14-22)42(51-32)21-5-11-25(45)12-6-21/h1-18,33-35,37,40,42-50H/t33-,34+,35?,37+,40?,42?/m1/s1. The molecule has 3 aliphatic rings. The Morgan fingerprint density at radius 3 is 1.49 bits per heavy atom. The minimum atomic E-state index is -0.723. The zero-order valence-electron chi connectivity index (χ0n) is 26.8. The molecule has 0 saturated carbocycles. The van der Waals surface area contributed by atoms with Gasteiger partial charge >= 0.3 is 0 Å². The summed E-state index contributed by atoms with van der Waals surface area (Å²) >= 11 is 0. The summed E-state index contributed by atoms with van der Waals surface area (Å²) in [6, 6.07) is 29.2. The monoisotopic (exact) mass is 680 g/mol. The second-order valence-corrected chi connectivity index (χ2v) is 13.7. The quantitative estimate of drug-likeness (QED) is 0.0927. The molecule has 1 heterocycles. The number of phenolic OH excluding ortho intramolecular Hbond substituents is 8. The molecule has 0 spiro atoms. The molecule has 0 aromatic heterocycles. The van der Waals surface area contributed by atoms with E-state index < -0.39 is 29.8 Å². The third-order valence-electron chi connectivity index (χ3n) is 10.9. The molecule has 0 radical (unpaired) electrons. The zero-order chi connectivity index (χ0) is 35.3. The van der Waals surface area contributed by atoms with Crippen molar-refractivity contribution in [2.45, 2.75) is 35.7 Å². The first-order valence-corrected chi connectivity index (χ1v) is 16.6. The van der Waals surface area contributed by atoms with Gasteiger partial charge < -0.3 is 45.6 Å². The van der Waals surface area contributed by atoms with Gasteiger partial charge in [-0.05, 0) is 88.0 Å². The molecule has 6 atom stereocenters. The van der Waals surface area contributed by atoms with E-state index in [0.717, 1.165) is 11.1 Å². The maximum absolute atomic E-state index is 12.1. The van der Waals surface area contributed by atoms with Crippen LogP contribution in [0.3, 0.4) is 0 Å². The van der Waals surface area contributed by atoms with Crippen LogP contribution >= 0.6 is 0 Å². The van der Waals surface area contributed by atoms with E-state index in [-0.39, 0.29) is 51.9 Å². The van der Waals surface area contributed by atoms with E-state index in [4.69, 9.17) is 4.74 Å². The molecule has 3 unspecified atom stereocenters. The number of benzene rings is 6. The van der Waals surface area contributed by atoms with Crippen LogP contribution < -0.4 is 4.74 Å². The van der Waals surface area contributed by atoms with Gasteiger partial charge in [0.1, 0.15) is 57.8 Å². The summed E-state index contributed by atoms with van der Waals surface area (Å²) < 4.78 is 6.71. The highest BCUT2D eigenvalue weighted by atomic mass is 16.5. The van der Waals surface area contributed by atoms with Gasteiger partial charge in [0.2, 0.25) is 0 Å². The van der Waals surface area contributed by atoms with E-state index in [0.29, 0.717) is 44.7 Å². The molecule has 1 aliphatic heterocycles. The normalized spacial score (nSPS) is 22.5. The molecular formula is C42H32O9. The maximum Gasteiger partial charge on any atom is 0.135 e. The molecule has 0 saturated heterocycles. The SMILES string of the molecule is Oc1ccc(C2Oc3cc(O)c4c(c3C2c2cc(O)cc(O)c2)C2c3c(O)cc(O)cc3[C@@H]([C@H]4c3ccc(O)cc3)[C@@H]2c2ccc(O)cc2)cc1. The highest BCUT2D eigenvalue weighted by molar-refractivity contribution is 5.73. The van der Waals surface area contributed by atoms with Crippen molar-refractivity contribution in [1.29, 1.82) is 0 Å². The fourth-order valence-electron chi connectivity index (χ4n) is 9.08. The molecule has 2 aliphatic carbocycles. The van der Waals surface area contributed by atoms with Gasteiger partial charge in [-0.25, -0.2) is 0 Å². The van der Waals surface area contributed by atoms with Gasteiger partial charge in [-0.1, -0.05) is 36.4 Å². The van der Waals surface area contributed by atoms with Gasteiger partial charge in [0.25, 0.3) is 0 Å². The van der Waals surface area contributed by atoms with Crippen molar-refractivity contribution in [2.75, 3.05) is 0 Å². The first-order chi connectivity index (χ1) is 24.6. The second-order valence-electron chi connectivity index (χ2n) is 13.7. The summed E-state index contributed by atoms with van der Waals surface area (Å²) in [5.41, 5.74) is 6.09. The van der Waals surface area contributed by atoms with Crippen molar-refractivity contribution in [3.63, 3.8) is 0 Å². The topological polar surface area (TPSA) is 171 Å². The molecule has 8 N–H and O–H groups in total. The largest absolute Gasteiger partial charge is 0.508 e. The maximum atomic E-state index is 12.1. The molecule has 9 heteroatoms. The molecule has 0 fully saturated rings. The van der Waals surface area contributed by atoms with Crippen molar-refractivity contribution < 1.29 is 45.6 Å². The predicted octanol–water partition coefficient (Wildman–Crippen LogP) is 7.76. The lowest BCUT2D eigenvalue weighted by atomic mass is 9.61. The zero-order valence-corrected chi connectivity index (χ0v) is 26.8. The van der Waals surface area contributed by atoms with Gasteiger partial charge in [-0.3, -0.25) is 0 Å². The Labute approximate surface area is 291 Å². The van der Waals surface area contributed by atoms with E-state index in [2.05, 4.69) is 0 Å². The summed E-state index contributed by atoms with van der Waals surface area (Å²) in [5.74, 6) is -2.59. The first-order valence-electron chi connectivity index (χ1n) is 16.6. The van der Waals surface area contributed by atoms with Gasteiger partial charge in [-0.15, -0.1) is 0 Å². The average Bonchev–Trinajstić information content (AvgIpc) is 3.59. The van der Waals surface area contributed by atoms with Crippen LogP contribution in [0.15, 0.2) is 109 Å². The number of rotatable bonds is 4. The molecule has 9 rings (SSSR count). The number of ether oxygens (including phenoxy) is 1. The van der Waals surface area contributed by atoms with Crippen LogP contribution in [0.4, 0.5) is 0 Å². The third kappa shape index (κ3) is 4.61. The molecule has 254 valence electrons. The van der Waals surface area contributed by atoms with Crippen LogP contribution in [0.2, 0.25) is 0 Å². The number of hydrogen-bond donors (Lipinski definition) is 8. The molecular weight excluding hydrogens is 648 g/mol. The summed E-state index contributed by atoms with van der Waals surface area (Å²) in [4.78, 5) is 0. The lowest BCUT2D eigenvalue weighted by molar-refractivity contribution is 0.221. The highest BCUT2D eigenvalue weighted by Gasteiger charge is 2.56. The van der Waals surface area contributed by atoms with Gasteiger partial charge in [0.05, 0.1) is 5.92 Å². The van der Waals surface area contributed by atoms with Crippen molar-refractivity contribution >= 4 is 0 Å². The lowest BCUT2D eigenvalue weighted by Gasteiger charge is -2.41. The minimum absolute atomic E-state index is 0.0404. The Hall–Kier alpha value is -6.48. The van der Waals surface area contributed by atoms with Crippen LogP contribution in [-0.4, -0.2) is 40.9 Å². The number of fused-ring (bicyclic) bond motifs is 9. The second kappa shape index (κ2) is 11.0. The van der Waals surface area contributed by atoms with Gasteiger partial charge in [-0.2, -0.15) is 0 Å². The Balaban J connectivity index is 1.41. The molecule has 0 amide bonds. The number of aromatic hydroxyl groups is 8.